The van der Waals surface area contributed by atoms with Crippen LogP contribution in [-0.2, 0) is 9.53 Å². The van der Waals surface area contributed by atoms with Gasteiger partial charge in [-0.1, -0.05) is 0 Å². The summed E-state index contributed by atoms with van der Waals surface area (Å²) in [6.07, 6.45) is 6.37. The van der Waals surface area contributed by atoms with Crippen molar-refractivity contribution in [3.63, 3.8) is 0 Å². The molecule has 147 valence electrons. The van der Waals surface area contributed by atoms with E-state index in [9.17, 15) is 4.79 Å². The third-order valence-electron chi connectivity index (χ3n) is 4.71. The number of hydrogen-bond donors (Lipinski definition) is 0. The Morgan fingerprint density at radius 1 is 0.724 bits per heavy atom. The van der Waals surface area contributed by atoms with Gasteiger partial charge in [-0.25, -0.2) is 0 Å². The molecule has 0 amide bonds. The number of benzene rings is 3. The summed E-state index contributed by atoms with van der Waals surface area (Å²) >= 11 is -2.17. The van der Waals surface area contributed by atoms with Crippen LogP contribution in [0.25, 0.3) is 0 Å². The molecule has 3 heteroatoms. The summed E-state index contributed by atoms with van der Waals surface area (Å²) in [5.41, 5.74) is 0. The van der Waals surface area contributed by atoms with Crippen LogP contribution in [0.15, 0.2) is 103 Å². The van der Waals surface area contributed by atoms with Gasteiger partial charge in [0.25, 0.3) is 0 Å². The molecule has 0 aromatic heterocycles. The summed E-state index contributed by atoms with van der Waals surface area (Å²) in [4.78, 5) is 10.4. The summed E-state index contributed by atoms with van der Waals surface area (Å²) in [6, 6.07) is 33.0. The Kier molecular flexibility index (Phi) is 8.68. The van der Waals surface area contributed by atoms with Crippen molar-refractivity contribution in [2.24, 2.45) is 0 Å². The maximum atomic E-state index is 10.4. The topological polar surface area (TPSA) is 26.3 Å². The van der Waals surface area contributed by atoms with Crippen molar-refractivity contribution in [3.8, 4) is 0 Å². The van der Waals surface area contributed by atoms with Crippen LogP contribution in [0.4, 0.5) is 0 Å². The first-order valence-corrected chi connectivity index (χ1v) is 16.0. The average Bonchev–Trinajstić information content (AvgIpc) is 2.77. The number of ether oxygens (including phenoxy) is 1. The third kappa shape index (κ3) is 6.96. The second-order valence-electron chi connectivity index (χ2n) is 6.98. The van der Waals surface area contributed by atoms with Crippen LogP contribution in [-0.4, -0.2) is 28.7 Å². The van der Waals surface area contributed by atoms with Crippen LogP contribution >= 0.6 is 0 Å². The van der Waals surface area contributed by atoms with E-state index >= 15 is 0 Å². The van der Waals surface area contributed by atoms with E-state index < -0.39 is 22.7 Å². The average molecular weight is 579 g/mol. The van der Waals surface area contributed by atoms with Gasteiger partial charge in [0.2, 0.25) is 0 Å². The zero-order valence-corrected chi connectivity index (χ0v) is 20.8. The first kappa shape index (κ1) is 21.5. The number of esters is 1. The fraction of sp³-hybridized carbons (Fsp3) is 0.192. The van der Waals surface area contributed by atoms with Gasteiger partial charge in [-0.15, -0.1) is 0 Å². The minimum atomic E-state index is -2.17. The van der Waals surface area contributed by atoms with Gasteiger partial charge in [0, 0.05) is 13.3 Å². The molecular weight excluding hydrogens is 551 g/mol. The summed E-state index contributed by atoms with van der Waals surface area (Å²) in [5, 5.41) is 0. The minimum absolute atomic E-state index is 0.201. The van der Waals surface area contributed by atoms with Gasteiger partial charge in [-0.3, -0.25) is 4.79 Å². The molecule has 0 aliphatic heterocycles. The van der Waals surface area contributed by atoms with Crippen LogP contribution < -0.4 is 9.37 Å². The molecule has 29 heavy (non-hydrogen) atoms. The number of carbonyl (C=O) groups excluding carboxylic acids is 1. The van der Waals surface area contributed by atoms with Gasteiger partial charge in [0.05, 0.1) is 0 Å². The molecule has 2 nitrogen and oxygen atoms in total. The van der Waals surface area contributed by atoms with Crippen LogP contribution in [0.5, 0.6) is 0 Å². The molecule has 0 unspecified atom stereocenters. The van der Waals surface area contributed by atoms with E-state index in [1.165, 1.54) is 13.3 Å². The number of carbonyl (C=O) groups is 1. The van der Waals surface area contributed by atoms with Crippen molar-refractivity contribution in [1.82, 2.24) is 0 Å². The Morgan fingerprint density at radius 2 is 1.17 bits per heavy atom. The molecule has 0 N–H and O–H groups in total. The van der Waals surface area contributed by atoms with E-state index in [0.29, 0.717) is 0 Å². The van der Waals surface area contributed by atoms with Crippen LogP contribution in [0, 0.1) is 0 Å². The Labute approximate surface area is 182 Å². The molecule has 1 aliphatic carbocycles. The Morgan fingerprint density at radius 3 is 1.52 bits per heavy atom. The molecule has 0 saturated carbocycles. The summed E-state index contributed by atoms with van der Waals surface area (Å²) < 4.78 is 9.55. The molecular formula is C26H27O2Pb. The molecule has 0 fully saturated rings. The summed E-state index contributed by atoms with van der Waals surface area (Å²) in [7, 11) is 0. The monoisotopic (exact) mass is 579 g/mol. The van der Waals surface area contributed by atoms with Gasteiger partial charge in [0.15, 0.2) is 0 Å². The molecule has 3 aromatic rings. The van der Waals surface area contributed by atoms with E-state index in [-0.39, 0.29) is 5.97 Å². The second kappa shape index (κ2) is 11.7. The normalized spacial score (nSPS) is 13.1. The fourth-order valence-corrected chi connectivity index (χ4v) is 13.4. The number of hydrogen-bond acceptors (Lipinski definition) is 2. The summed E-state index contributed by atoms with van der Waals surface area (Å²) in [6.45, 7) is 1.44. The van der Waals surface area contributed by atoms with Gasteiger partial charge < -0.3 is 4.74 Å². The van der Waals surface area contributed by atoms with Crippen molar-refractivity contribution in [2.75, 3.05) is 0 Å². The molecule has 0 heterocycles. The van der Waals surface area contributed by atoms with Crippen LogP contribution in [0.3, 0.4) is 0 Å². The molecule has 0 saturated heterocycles. The molecule has 1 radical (unpaired) electrons. The summed E-state index contributed by atoms with van der Waals surface area (Å²) in [5.74, 6) is 0.659. The number of rotatable bonds is 4. The number of allylic oxidation sites excluding steroid dienone is 2. The van der Waals surface area contributed by atoms with Crippen LogP contribution in [0.1, 0.15) is 32.6 Å². The van der Waals surface area contributed by atoms with E-state index in [1.54, 1.807) is 9.37 Å². The van der Waals surface area contributed by atoms with Crippen molar-refractivity contribution >= 4 is 38.0 Å². The van der Waals surface area contributed by atoms with Crippen molar-refractivity contribution < 1.29 is 9.53 Å². The van der Waals surface area contributed by atoms with Crippen molar-refractivity contribution in [2.45, 2.75) is 32.6 Å². The second-order valence-corrected chi connectivity index (χ2v) is 16.6. The van der Waals surface area contributed by atoms with E-state index in [0.717, 1.165) is 25.0 Å². The Hall–Kier alpha value is -2.21. The zero-order chi connectivity index (χ0) is 20.3. The third-order valence-corrected chi connectivity index (χ3v) is 15.3. The molecule has 0 bridgehead atoms. The Balaban J connectivity index is 0.000000204. The van der Waals surface area contributed by atoms with E-state index in [1.807, 2.05) is 6.08 Å². The van der Waals surface area contributed by atoms with Gasteiger partial charge >= 0.3 is 129 Å². The SMILES string of the molecule is CC(=O)OC1=CCCCC1.c1cc[c]([Pb]([c]2ccccc2)[c]2ccccc2)cc1. The van der Waals surface area contributed by atoms with Crippen molar-refractivity contribution in [1.29, 1.82) is 0 Å². The maximum absolute atomic E-state index is 10.4. The molecule has 0 spiro atoms. The first-order chi connectivity index (χ1) is 14.2. The first-order valence-electron chi connectivity index (χ1n) is 10.1. The zero-order valence-electron chi connectivity index (χ0n) is 16.9. The molecule has 4 rings (SSSR count). The Bertz CT molecular complexity index is 811. The van der Waals surface area contributed by atoms with Crippen LogP contribution in [0.2, 0.25) is 0 Å². The van der Waals surface area contributed by atoms with E-state index in [4.69, 9.17) is 4.74 Å². The van der Waals surface area contributed by atoms with Crippen molar-refractivity contribution in [3.05, 3.63) is 103 Å². The fourth-order valence-electron chi connectivity index (χ4n) is 3.40. The standard InChI is InChI=1S/C8H12O2.3C6H5.Pb/c1-7(9)10-8-5-3-2-4-6-8;3*1-2-4-6-5-3-1;/h5H,2-4,6H2,1H3;3*1-5H;. The molecule has 1 aliphatic rings. The molecule has 3 aromatic carbocycles. The quantitative estimate of drug-likeness (QED) is 0.343. The van der Waals surface area contributed by atoms with Gasteiger partial charge in [-0.05, 0) is 25.3 Å². The van der Waals surface area contributed by atoms with E-state index in [2.05, 4.69) is 91.0 Å². The predicted molar refractivity (Wildman–Crippen MR) is 122 cm³/mol. The van der Waals surface area contributed by atoms with Gasteiger partial charge in [-0.2, -0.15) is 0 Å². The predicted octanol–water partition coefficient (Wildman–Crippen LogP) is 4.21. The molecule has 0 atom stereocenters. The van der Waals surface area contributed by atoms with Gasteiger partial charge in [0.1, 0.15) is 5.76 Å².